The zero-order chi connectivity index (χ0) is 42.1. The minimum Gasteiger partial charge on any atom is -0.458 e. The van der Waals surface area contributed by atoms with Crippen molar-refractivity contribution in [3.05, 3.63) is 181 Å². The van der Waals surface area contributed by atoms with E-state index in [-0.39, 0.29) is 33.4 Å². The molecule has 1 unspecified atom stereocenters. The van der Waals surface area contributed by atoms with Gasteiger partial charge in [-0.05, 0) is 72.8 Å². The van der Waals surface area contributed by atoms with Crippen LogP contribution in [0.25, 0.3) is 0 Å². The van der Waals surface area contributed by atoms with E-state index < -0.39 is 73.4 Å². The number of nitrogens with zero attached hydrogens (tertiary/aromatic N) is 6. The number of aromatic nitrogens is 6. The molecule has 0 saturated carbocycles. The van der Waals surface area contributed by atoms with E-state index in [0.29, 0.717) is 0 Å². The molecule has 18 heteroatoms. The standard InChI is InChI=1S/C42H32N6O12/c49-37(27-7-1-13-43-19-27)55-25-33(57-39(51)29-9-3-15-45-21-29)35(59-41(53)31-11-5-17-47-23-31)36(60-42(54)32-12-6-18-48-24-32)34(58-40(52)30-10-4-16-46-22-30)26-56-38(50)28-8-2-14-44-20-28/h1-24,33-36H,25-26H2/t33-,34?,35-,36-/m1/s1. The smallest absolute Gasteiger partial charge is 0.340 e. The summed E-state index contributed by atoms with van der Waals surface area (Å²) in [5.41, 5.74) is -0.375. The maximum Gasteiger partial charge on any atom is 0.340 e. The van der Waals surface area contributed by atoms with Crippen molar-refractivity contribution in [2.75, 3.05) is 13.2 Å². The van der Waals surface area contributed by atoms with Crippen molar-refractivity contribution in [1.82, 2.24) is 29.9 Å². The van der Waals surface area contributed by atoms with Gasteiger partial charge < -0.3 is 28.4 Å². The van der Waals surface area contributed by atoms with Gasteiger partial charge in [-0.3, -0.25) is 29.9 Å². The summed E-state index contributed by atoms with van der Waals surface area (Å²) >= 11 is 0. The van der Waals surface area contributed by atoms with Crippen LogP contribution >= 0.6 is 0 Å². The van der Waals surface area contributed by atoms with Gasteiger partial charge in [0, 0.05) is 74.4 Å². The van der Waals surface area contributed by atoms with Crippen LogP contribution in [0, 0.1) is 0 Å². The lowest BCUT2D eigenvalue weighted by Gasteiger charge is -2.35. The molecule has 0 fully saturated rings. The normalized spacial score (nSPS) is 12.6. The van der Waals surface area contributed by atoms with Crippen molar-refractivity contribution in [2.24, 2.45) is 0 Å². The fourth-order valence-corrected chi connectivity index (χ4v) is 5.28. The van der Waals surface area contributed by atoms with Gasteiger partial charge in [0.15, 0.2) is 24.4 Å². The van der Waals surface area contributed by atoms with Crippen LogP contribution in [0.5, 0.6) is 0 Å². The first kappa shape index (κ1) is 41.4. The minimum absolute atomic E-state index is 0.00360. The van der Waals surface area contributed by atoms with Gasteiger partial charge in [-0.1, -0.05) is 0 Å². The molecule has 0 spiro atoms. The molecule has 302 valence electrons. The first-order valence-electron chi connectivity index (χ1n) is 17.8. The topological polar surface area (TPSA) is 235 Å². The van der Waals surface area contributed by atoms with Gasteiger partial charge in [-0.25, -0.2) is 28.8 Å². The Morgan fingerprint density at radius 2 is 0.583 bits per heavy atom. The SMILES string of the molecule is O=C(OCC(OC(=O)c1cccnc1)[C@@H](OC(=O)c1cccnc1)[C@H](OC(=O)c1cccnc1)[C@@H](COC(=O)c1cccnc1)OC(=O)c1cccnc1)c1cccnc1. The van der Waals surface area contributed by atoms with Crippen molar-refractivity contribution >= 4 is 35.8 Å². The predicted molar refractivity (Wildman–Crippen MR) is 203 cm³/mol. The minimum atomic E-state index is -2.02. The van der Waals surface area contributed by atoms with Gasteiger partial charge >= 0.3 is 35.8 Å². The number of pyridine rings is 6. The Morgan fingerprint density at radius 3 is 0.817 bits per heavy atom. The van der Waals surface area contributed by atoms with Crippen LogP contribution in [0.1, 0.15) is 62.1 Å². The number of carbonyl (C=O) groups is 6. The summed E-state index contributed by atoms with van der Waals surface area (Å²) in [7, 11) is 0. The first-order chi connectivity index (χ1) is 29.3. The summed E-state index contributed by atoms with van der Waals surface area (Å²) < 4.78 is 35.0. The van der Waals surface area contributed by atoms with E-state index in [1.165, 1.54) is 147 Å². The quantitative estimate of drug-likeness (QED) is 0.0935. The summed E-state index contributed by atoms with van der Waals surface area (Å²) in [5, 5.41) is 0. The molecule has 0 N–H and O–H groups in total. The number of hydrogen-bond donors (Lipinski definition) is 0. The fraction of sp³-hybridized carbons (Fsp3) is 0.143. The summed E-state index contributed by atoms with van der Waals surface area (Å²) in [6.45, 7) is -1.71. The molecule has 0 radical (unpaired) electrons. The Labute approximate surface area is 340 Å². The largest absolute Gasteiger partial charge is 0.458 e. The van der Waals surface area contributed by atoms with Crippen LogP contribution < -0.4 is 0 Å². The van der Waals surface area contributed by atoms with E-state index >= 15 is 0 Å². The van der Waals surface area contributed by atoms with E-state index in [1.54, 1.807) is 0 Å². The third kappa shape index (κ3) is 11.4. The first-order valence-corrected chi connectivity index (χ1v) is 17.8. The van der Waals surface area contributed by atoms with E-state index in [0.717, 1.165) is 0 Å². The molecule has 60 heavy (non-hydrogen) atoms. The Morgan fingerprint density at radius 1 is 0.350 bits per heavy atom. The molecule has 0 aliphatic carbocycles. The lowest BCUT2D eigenvalue weighted by Crippen LogP contribution is -2.54. The Kier molecular flexibility index (Phi) is 14.3. The van der Waals surface area contributed by atoms with Gasteiger partial charge in [0.1, 0.15) is 13.2 Å². The van der Waals surface area contributed by atoms with Crippen molar-refractivity contribution in [3.63, 3.8) is 0 Å². The van der Waals surface area contributed by atoms with Crippen molar-refractivity contribution < 1.29 is 57.2 Å². The molecule has 6 aromatic rings. The molecule has 18 nitrogen and oxygen atoms in total. The van der Waals surface area contributed by atoms with E-state index in [9.17, 15) is 28.8 Å². The van der Waals surface area contributed by atoms with E-state index in [2.05, 4.69) is 29.9 Å². The number of carbonyl (C=O) groups excluding carboxylic acids is 6. The third-order valence-corrected chi connectivity index (χ3v) is 8.20. The highest BCUT2D eigenvalue weighted by molar-refractivity contribution is 5.92. The second-order valence-corrected chi connectivity index (χ2v) is 12.3. The zero-order valence-corrected chi connectivity index (χ0v) is 31.2. The zero-order valence-electron chi connectivity index (χ0n) is 31.2. The monoisotopic (exact) mass is 812 g/mol. The number of hydrogen-bond acceptors (Lipinski definition) is 18. The van der Waals surface area contributed by atoms with Crippen LogP contribution in [-0.4, -0.2) is 103 Å². The van der Waals surface area contributed by atoms with Crippen LogP contribution in [-0.2, 0) is 28.4 Å². The highest BCUT2D eigenvalue weighted by Gasteiger charge is 2.46. The summed E-state index contributed by atoms with van der Waals surface area (Å²) in [4.78, 5) is 106. The molecule has 6 heterocycles. The molecular formula is C42H32N6O12. The summed E-state index contributed by atoms with van der Waals surface area (Å²) in [6, 6.07) is 17.1. The van der Waals surface area contributed by atoms with Crippen LogP contribution in [0.3, 0.4) is 0 Å². The van der Waals surface area contributed by atoms with E-state index in [1.807, 2.05) is 0 Å². The second kappa shape index (κ2) is 20.8. The molecule has 6 aromatic heterocycles. The van der Waals surface area contributed by atoms with Crippen LogP contribution in [0.15, 0.2) is 147 Å². The number of rotatable bonds is 17. The third-order valence-electron chi connectivity index (χ3n) is 8.20. The van der Waals surface area contributed by atoms with Gasteiger partial charge in [-0.2, -0.15) is 0 Å². The van der Waals surface area contributed by atoms with Crippen molar-refractivity contribution in [3.8, 4) is 0 Å². The summed E-state index contributed by atoms with van der Waals surface area (Å²) in [5.74, 6) is -6.15. The van der Waals surface area contributed by atoms with Gasteiger partial charge in [0.25, 0.3) is 0 Å². The Bertz CT molecular complexity index is 2200. The van der Waals surface area contributed by atoms with Crippen molar-refractivity contribution in [2.45, 2.75) is 24.4 Å². The maximum atomic E-state index is 14.0. The number of ether oxygens (including phenoxy) is 6. The molecule has 0 saturated heterocycles. The molecule has 0 bridgehead atoms. The molecular weight excluding hydrogens is 780 g/mol. The molecule has 0 aliphatic heterocycles. The van der Waals surface area contributed by atoms with Gasteiger partial charge in [0.05, 0.1) is 33.4 Å². The van der Waals surface area contributed by atoms with Gasteiger partial charge in [0.2, 0.25) is 0 Å². The lowest BCUT2D eigenvalue weighted by molar-refractivity contribution is -0.138. The summed E-state index contributed by atoms with van der Waals surface area (Å²) in [6.07, 6.45) is 7.86. The molecule has 0 aromatic carbocycles. The van der Waals surface area contributed by atoms with Crippen LogP contribution in [0.2, 0.25) is 0 Å². The highest BCUT2D eigenvalue weighted by Crippen LogP contribution is 2.25. The Hall–Kier alpha value is -8.28. The average molecular weight is 813 g/mol. The van der Waals surface area contributed by atoms with Crippen molar-refractivity contribution in [1.29, 1.82) is 0 Å². The predicted octanol–water partition coefficient (Wildman–Crippen LogP) is 3.97. The molecule has 6 rings (SSSR count). The fourth-order valence-electron chi connectivity index (χ4n) is 5.28. The Balaban J connectivity index is 1.48. The molecule has 4 atom stereocenters. The van der Waals surface area contributed by atoms with Crippen LogP contribution in [0.4, 0.5) is 0 Å². The second-order valence-electron chi connectivity index (χ2n) is 12.3. The highest BCUT2D eigenvalue weighted by atomic mass is 16.6. The van der Waals surface area contributed by atoms with E-state index in [4.69, 9.17) is 28.4 Å². The number of esters is 6. The molecule has 0 amide bonds. The average Bonchev–Trinajstić information content (AvgIpc) is 3.31. The molecule has 0 aliphatic rings. The lowest BCUT2D eigenvalue weighted by atomic mass is 10.0. The van der Waals surface area contributed by atoms with Gasteiger partial charge in [-0.15, -0.1) is 0 Å². The maximum absolute atomic E-state index is 14.0.